The zero-order valence-electron chi connectivity index (χ0n) is 10.7. The second-order valence-corrected chi connectivity index (χ2v) is 6.77. The average molecular weight is 312 g/mol. The molecule has 0 radical (unpaired) electrons. The summed E-state index contributed by atoms with van der Waals surface area (Å²) in [6, 6.07) is 4.98. The van der Waals surface area contributed by atoms with Crippen molar-refractivity contribution in [3.8, 4) is 10.6 Å². The molecule has 0 bridgehead atoms. The summed E-state index contributed by atoms with van der Waals surface area (Å²) in [5, 5.41) is 3.05. The lowest BCUT2D eigenvalue weighted by molar-refractivity contribution is -0.114. The van der Waals surface area contributed by atoms with Crippen molar-refractivity contribution >= 4 is 38.2 Å². The van der Waals surface area contributed by atoms with Gasteiger partial charge in [0.1, 0.15) is 5.82 Å². The van der Waals surface area contributed by atoms with Crippen molar-refractivity contribution < 1.29 is 13.2 Å². The Kier molecular flexibility index (Phi) is 4.00. The topological polar surface area (TPSA) is 101 Å². The highest BCUT2D eigenvalue weighted by atomic mass is 32.2. The number of pyridine rings is 1. The molecule has 0 aromatic carbocycles. The third kappa shape index (κ3) is 4.00. The number of nitrogens with zero attached hydrogens (tertiary/aromatic N) is 2. The first kappa shape index (κ1) is 14.4. The minimum atomic E-state index is -3.37. The fourth-order valence-corrected chi connectivity index (χ4v) is 2.75. The highest BCUT2D eigenvalue weighted by Gasteiger charge is 2.09. The fraction of sp³-hybridized carbons (Fsp3) is 0.182. The summed E-state index contributed by atoms with van der Waals surface area (Å²) in [5.74, 6) is 0.0332. The van der Waals surface area contributed by atoms with E-state index in [4.69, 9.17) is 0 Å². The molecule has 0 saturated heterocycles. The molecule has 1 amide bonds. The number of thiazole rings is 1. The molecule has 2 aromatic heterocycles. The third-order valence-corrected chi connectivity index (χ3v) is 3.60. The van der Waals surface area contributed by atoms with Crippen LogP contribution in [-0.4, -0.2) is 30.5 Å². The van der Waals surface area contributed by atoms with E-state index in [2.05, 4.69) is 20.0 Å². The van der Waals surface area contributed by atoms with Gasteiger partial charge in [0.05, 0.1) is 16.8 Å². The lowest BCUT2D eigenvalue weighted by Crippen LogP contribution is -2.10. The molecule has 2 rings (SSSR count). The molecule has 0 atom stereocenters. The van der Waals surface area contributed by atoms with Crippen LogP contribution in [0.3, 0.4) is 0 Å². The molecular weight excluding hydrogens is 300 g/mol. The van der Waals surface area contributed by atoms with Gasteiger partial charge in [-0.15, -0.1) is 0 Å². The van der Waals surface area contributed by atoms with Crippen molar-refractivity contribution in [2.24, 2.45) is 0 Å². The Morgan fingerprint density at radius 3 is 2.75 bits per heavy atom. The Hall–Kier alpha value is -2.00. The molecule has 9 heteroatoms. The van der Waals surface area contributed by atoms with Crippen molar-refractivity contribution in [2.75, 3.05) is 16.3 Å². The van der Waals surface area contributed by atoms with E-state index in [9.17, 15) is 13.2 Å². The lowest BCUT2D eigenvalue weighted by Gasteiger charge is -2.03. The van der Waals surface area contributed by atoms with E-state index < -0.39 is 10.0 Å². The second-order valence-electron chi connectivity index (χ2n) is 3.99. The molecule has 2 aromatic rings. The van der Waals surface area contributed by atoms with Crippen molar-refractivity contribution in [3.05, 3.63) is 24.4 Å². The molecule has 2 heterocycles. The van der Waals surface area contributed by atoms with Crippen molar-refractivity contribution in [2.45, 2.75) is 6.92 Å². The van der Waals surface area contributed by atoms with Crippen molar-refractivity contribution in [3.63, 3.8) is 0 Å². The van der Waals surface area contributed by atoms with E-state index >= 15 is 0 Å². The molecule has 2 N–H and O–H groups in total. The number of hydrogen-bond acceptors (Lipinski definition) is 6. The Balaban J connectivity index is 2.26. The van der Waals surface area contributed by atoms with Gasteiger partial charge in [-0.2, -0.15) is 0 Å². The van der Waals surface area contributed by atoms with Gasteiger partial charge in [-0.25, -0.2) is 18.4 Å². The molecule has 0 spiro atoms. The van der Waals surface area contributed by atoms with E-state index in [-0.39, 0.29) is 11.7 Å². The van der Waals surface area contributed by atoms with Gasteiger partial charge in [0, 0.05) is 13.1 Å². The number of hydrogen-bond donors (Lipinski definition) is 2. The van der Waals surface area contributed by atoms with Gasteiger partial charge < -0.3 is 5.32 Å². The van der Waals surface area contributed by atoms with E-state index in [0.717, 1.165) is 11.1 Å². The quantitative estimate of drug-likeness (QED) is 0.891. The number of rotatable bonds is 4. The summed E-state index contributed by atoms with van der Waals surface area (Å²) in [4.78, 5) is 19.9. The minimum absolute atomic E-state index is 0.202. The highest BCUT2D eigenvalue weighted by Crippen LogP contribution is 2.28. The van der Waals surface area contributed by atoms with Crippen LogP contribution in [0.5, 0.6) is 0 Å². The minimum Gasteiger partial charge on any atom is -0.302 e. The van der Waals surface area contributed by atoms with Crippen molar-refractivity contribution in [1.29, 1.82) is 0 Å². The molecule has 7 nitrogen and oxygen atoms in total. The van der Waals surface area contributed by atoms with Crippen LogP contribution in [0, 0.1) is 0 Å². The van der Waals surface area contributed by atoms with Gasteiger partial charge >= 0.3 is 0 Å². The Morgan fingerprint density at radius 2 is 2.10 bits per heavy atom. The fourth-order valence-electron chi connectivity index (χ4n) is 1.42. The molecule has 0 unspecified atom stereocenters. The maximum absolute atomic E-state index is 11.2. The lowest BCUT2D eigenvalue weighted by atomic mass is 10.3. The standard InChI is InChI=1S/C11H12N4O3S2/c1-7(16)13-11-12-6-9(19-11)8-4-3-5-10(14-8)15-20(2,17)18/h3-6H,1-2H3,(H,14,15)(H,12,13,16). The maximum atomic E-state index is 11.2. The Morgan fingerprint density at radius 1 is 1.35 bits per heavy atom. The zero-order chi connectivity index (χ0) is 14.8. The summed E-state index contributed by atoms with van der Waals surface area (Å²) in [6.45, 7) is 1.40. The summed E-state index contributed by atoms with van der Waals surface area (Å²) in [6.07, 6.45) is 2.63. The number of amides is 1. The molecule has 0 aliphatic rings. The smallest absolute Gasteiger partial charge is 0.230 e. The highest BCUT2D eigenvalue weighted by molar-refractivity contribution is 7.92. The summed E-state index contributed by atoms with van der Waals surface area (Å²) >= 11 is 1.26. The van der Waals surface area contributed by atoms with Crippen LogP contribution < -0.4 is 10.0 Å². The summed E-state index contributed by atoms with van der Waals surface area (Å²) in [5.41, 5.74) is 0.577. The third-order valence-electron chi connectivity index (χ3n) is 2.08. The van der Waals surface area contributed by atoms with E-state index in [1.54, 1.807) is 24.4 Å². The number of sulfonamides is 1. The molecule has 20 heavy (non-hydrogen) atoms. The zero-order valence-corrected chi connectivity index (χ0v) is 12.4. The Bertz CT molecular complexity index is 740. The predicted molar refractivity (Wildman–Crippen MR) is 78.1 cm³/mol. The summed E-state index contributed by atoms with van der Waals surface area (Å²) < 4.78 is 24.6. The number of anilines is 2. The van der Waals surface area contributed by atoms with Crippen LogP contribution >= 0.6 is 11.3 Å². The van der Waals surface area contributed by atoms with Gasteiger partial charge in [0.25, 0.3) is 0 Å². The Labute approximate surface area is 120 Å². The molecule has 0 fully saturated rings. The first-order chi connectivity index (χ1) is 9.33. The van der Waals surface area contributed by atoms with Gasteiger partial charge in [-0.1, -0.05) is 17.4 Å². The van der Waals surface area contributed by atoms with Crippen LogP contribution in [-0.2, 0) is 14.8 Å². The molecular formula is C11H12N4O3S2. The van der Waals surface area contributed by atoms with Crippen LogP contribution in [0.25, 0.3) is 10.6 Å². The predicted octanol–water partition coefficient (Wildman–Crippen LogP) is 1.53. The van der Waals surface area contributed by atoms with Crippen LogP contribution in [0.4, 0.5) is 10.9 Å². The normalized spacial score (nSPS) is 11.1. The molecule has 106 valence electrons. The number of carbonyl (C=O) groups is 1. The molecule has 0 saturated carbocycles. The van der Waals surface area contributed by atoms with E-state index in [0.29, 0.717) is 10.8 Å². The van der Waals surface area contributed by atoms with Crippen LogP contribution in [0.1, 0.15) is 6.92 Å². The number of carbonyl (C=O) groups excluding carboxylic acids is 1. The van der Waals surface area contributed by atoms with Gasteiger partial charge in [-0.3, -0.25) is 9.52 Å². The van der Waals surface area contributed by atoms with Crippen LogP contribution in [0.15, 0.2) is 24.4 Å². The van der Waals surface area contributed by atoms with Crippen LogP contribution in [0.2, 0.25) is 0 Å². The number of aromatic nitrogens is 2. The molecule has 0 aliphatic carbocycles. The first-order valence-electron chi connectivity index (χ1n) is 5.52. The largest absolute Gasteiger partial charge is 0.302 e. The average Bonchev–Trinajstić information content (AvgIpc) is 2.74. The summed E-state index contributed by atoms with van der Waals surface area (Å²) in [7, 11) is -3.37. The maximum Gasteiger partial charge on any atom is 0.230 e. The first-order valence-corrected chi connectivity index (χ1v) is 8.23. The SMILES string of the molecule is CC(=O)Nc1ncc(-c2cccc(NS(C)(=O)=O)n2)s1. The number of nitrogens with one attached hydrogen (secondary N) is 2. The second kappa shape index (κ2) is 5.55. The monoisotopic (exact) mass is 312 g/mol. The van der Waals surface area contributed by atoms with Crippen molar-refractivity contribution in [1.82, 2.24) is 9.97 Å². The van der Waals surface area contributed by atoms with Gasteiger partial charge in [-0.05, 0) is 12.1 Å². The molecule has 0 aliphatic heterocycles. The van der Waals surface area contributed by atoms with E-state index in [1.807, 2.05) is 0 Å². The van der Waals surface area contributed by atoms with E-state index in [1.165, 1.54) is 18.3 Å². The van der Waals surface area contributed by atoms with Gasteiger partial charge in [0.15, 0.2) is 5.13 Å². The van der Waals surface area contributed by atoms with Gasteiger partial charge in [0.2, 0.25) is 15.9 Å².